The van der Waals surface area contributed by atoms with Crippen LogP contribution >= 0.6 is 0 Å². The summed E-state index contributed by atoms with van der Waals surface area (Å²) in [5.41, 5.74) is 0. The number of aliphatic hydroxyl groups excluding tert-OH is 1. The average molecular weight is 246 g/mol. The van der Waals surface area contributed by atoms with Crippen molar-refractivity contribution in [1.29, 1.82) is 0 Å². The topological polar surface area (TPSA) is 42.0 Å². The van der Waals surface area contributed by atoms with E-state index in [1.807, 2.05) is 6.92 Å². The smallest absolute Gasteiger partial charge is 0.192 e. The third-order valence-electron chi connectivity index (χ3n) is 3.66. The van der Waals surface area contributed by atoms with Crippen molar-refractivity contribution in [1.82, 2.24) is 0 Å². The van der Waals surface area contributed by atoms with Gasteiger partial charge in [-0.05, 0) is 25.1 Å². The predicted octanol–water partition coefficient (Wildman–Crippen LogP) is 2.55. The Morgan fingerprint density at radius 3 is 2.31 bits per heavy atom. The van der Waals surface area contributed by atoms with Gasteiger partial charge < -0.3 is 14.3 Å². The molecule has 0 saturated carbocycles. The van der Waals surface area contributed by atoms with E-state index in [1.54, 1.807) is 0 Å². The maximum Gasteiger partial charge on any atom is 0.192 e. The predicted molar refractivity (Wildman–Crippen MR) is 68.1 cm³/mol. The molecule has 1 saturated heterocycles. The van der Waals surface area contributed by atoms with E-state index < -0.39 is 8.32 Å². The van der Waals surface area contributed by atoms with Crippen LogP contribution in [0.4, 0.5) is 0 Å². The van der Waals surface area contributed by atoms with Gasteiger partial charge in [0.1, 0.15) is 6.10 Å². The fourth-order valence-corrected chi connectivity index (χ4v) is 2.95. The average Bonchev–Trinajstić information content (AvgIpc) is 2.80. The van der Waals surface area contributed by atoms with E-state index >= 15 is 0 Å². The zero-order chi connectivity index (χ0) is 12.6. The summed E-state index contributed by atoms with van der Waals surface area (Å²) >= 11 is 0. The first-order valence-electron chi connectivity index (χ1n) is 6.11. The molecule has 1 aliphatic heterocycles. The molecular formula is C12H26O3Si. The van der Waals surface area contributed by atoms with Gasteiger partial charge in [-0.15, -0.1) is 0 Å². The molecule has 1 rings (SSSR count). The summed E-state index contributed by atoms with van der Waals surface area (Å²) in [7, 11) is -1.70. The van der Waals surface area contributed by atoms with Gasteiger partial charge in [0.25, 0.3) is 0 Å². The van der Waals surface area contributed by atoms with E-state index in [0.29, 0.717) is 13.0 Å². The molecule has 0 spiro atoms. The summed E-state index contributed by atoms with van der Waals surface area (Å²) in [6, 6.07) is 0. The van der Waals surface area contributed by atoms with Gasteiger partial charge in [-0.1, -0.05) is 20.8 Å². The highest BCUT2D eigenvalue weighted by Gasteiger charge is 2.39. The summed E-state index contributed by atoms with van der Waals surface area (Å²) in [6.07, 6.45) is 0.488. The van der Waals surface area contributed by atoms with Crippen molar-refractivity contribution in [3.8, 4) is 0 Å². The molecule has 0 amide bonds. The van der Waals surface area contributed by atoms with Gasteiger partial charge in [0.05, 0.1) is 12.7 Å². The van der Waals surface area contributed by atoms with Gasteiger partial charge in [-0.25, -0.2) is 0 Å². The van der Waals surface area contributed by atoms with Crippen molar-refractivity contribution in [3.05, 3.63) is 0 Å². The van der Waals surface area contributed by atoms with Crippen LogP contribution in [0.5, 0.6) is 0 Å². The molecular weight excluding hydrogens is 220 g/mol. The Kier molecular flexibility index (Phi) is 4.22. The Morgan fingerprint density at radius 2 is 1.94 bits per heavy atom. The number of epoxide rings is 1. The van der Waals surface area contributed by atoms with Crippen molar-refractivity contribution in [3.63, 3.8) is 0 Å². The fraction of sp³-hybridized carbons (Fsp3) is 1.00. The van der Waals surface area contributed by atoms with Crippen LogP contribution < -0.4 is 0 Å². The zero-order valence-corrected chi connectivity index (χ0v) is 12.4. The third-order valence-corrected chi connectivity index (χ3v) is 8.27. The van der Waals surface area contributed by atoms with Crippen LogP contribution in [0, 0.1) is 0 Å². The van der Waals surface area contributed by atoms with E-state index in [9.17, 15) is 5.11 Å². The number of hydrogen-bond acceptors (Lipinski definition) is 3. The monoisotopic (exact) mass is 246 g/mol. The molecule has 0 aromatic heterocycles. The Bertz CT molecular complexity index is 231. The van der Waals surface area contributed by atoms with Crippen molar-refractivity contribution in [2.24, 2.45) is 0 Å². The lowest BCUT2D eigenvalue weighted by atomic mass is 10.1. The van der Waals surface area contributed by atoms with Crippen LogP contribution in [0.2, 0.25) is 18.1 Å². The minimum absolute atomic E-state index is 0.0606. The molecule has 96 valence electrons. The largest absolute Gasteiger partial charge is 0.414 e. The third kappa shape index (κ3) is 3.84. The summed E-state index contributed by atoms with van der Waals surface area (Å²) in [5, 5.41) is 9.99. The number of ether oxygens (including phenoxy) is 1. The summed E-state index contributed by atoms with van der Waals surface area (Å²) in [6.45, 7) is 13.9. The first-order valence-corrected chi connectivity index (χ1v) is 9.02. The number of rotatable bonds is 5. The van der Waals surface area contributed by atoms with Gasteiger partial charge in [0.15, 0.2) is 8.32 Å². The fourth-order valence-electron chi connectivity index (χ4n) is 1.50. The lowest BCUT2D eigenvalue weighted by Crippen LogP contribution is -2.44. The van der Waals surface area contributed by atoms with Crippen molar-refractivity contribution >= 4 is 8.32 Å². The molecule has 0 aromatic carbocycles. The molecule has 3 atom stereocenters. The minimum atomic E-state index is -1.70. The van der Waals surface area contributed by atoms with E-state index in [2.05, 4.69) is 33.9 Å². The highest BCUT2D eigenvalue weighted by atomic mass is 28.4. The molecule has 16 heavy (non-hydrogen) atoms. The molecule has 0 unspecified atom stereocenters. The van der Waals surface area contributed by atoms with E-state index in [0.717, 1.165) is 0 Å². The van der Waals surface area contributed by atoms with Crippen LogP contribution in [-0.2, 0) is 9.16 Å². The second kappa shape index (κ2) is 4.76. The highest BCUT2D eigenvalue weighted by molar-refractivity contribution is 6.74. The van der Waals surface area contributed by atoms with Crippen molar-refractivity contribution in [2.45, 2.75) is 70.6 Å². The Labute approximate surface area is 100 Å². The van der Waals surface area contributed by atoms with Crippen LogP contribution in [-0.4, -0.2) is 38.3 Å². The molecule has 1 aliphatic rings. The van der Waals surface area contributed by atoms with Gasteiger partial charge in [0, 0.05) is 12.5 Å². The number of aliphatic hydroxyl groups is 1. The quantitative estimate of drug-likeness (QED) is 0.599. The van der Waals surface area contributed by atoms with E-state index in [4.69, 9.17) is 9.16 Å². The first kappa shape index (κ1) is 14.2. The Balaban J connectivity index is 2.40. The molecule has 0 bridgehead atoms. The van der Waals surface area contributed by atoms with Gasteiger partial charge >= 0.3 is 0 Å². The maximum atomic E-state index is 9.77. The second-order valence-corrected chi connectivity index (χ2v) is 11.1. The van der Waals surface area contributed by atoms with Crippen LogP contribution in [0.3, 0.4) is 0 Å². The Hall–Kier alpha value is 0.0969. The van der Waals surface area contributed by atoms with E-state index in [1.165, 1.54) is 0 Å². The molecule has 1 fully saturated rings. The highest BCUT2D eigenvalue weighted by Crippen LogP contribution is 2.37. The molecule has 0 aliphatic carbocycles. The zero-order valence-electron chi connectivity index (χ0n) is 11.4. The molecule has 0 aromatic rings. The van der Waals surface area contributed by atoms with Gasteiger partial charge in [0.2, 0.25) is 0 Å². The lowest BCUT2D eigenvalue weighted by molar-refractivity contribution is 0.0747. The van der Waals surface area contributed by atoms with Crippen LogP contribution in [0.25, 0.3) is 0 Å². The normalized spacial score (nSPS) is 25.3. The summed E-state index contributed by atoms with van der Waals surface area (Å²) < 4.78 is 11.2. The SMILES string of the molecule is C[C@H](C[C@@H](O)[C@@H]1CO1)O[Si](C)(C)C(C)(C)C. The lowest BCUT2D eigenvalue weighted by Gasteiger charge is -2.38. The minimum Gasteiger partial charge on any atom is -0.414 e. The molecule has 0 radical (unpaired) electrons. The first-order chi connectivity index (χ1) is 7.13. The standard InChI is InChI=1S/C12H26O3Si/c1-9(7-10(13)11-8-14-11)15-16(5,6)12(2,3)4/h9-11,13H,7-8H2,1-6H3/t9-,10-,11+/m1/s1. The molecule has 1 heterocycles. The number of hydrogen-bond donors (Lipinski definition) is 1. The second-order valence-electron chi connectivity index (χ2n) is 6.36. The van der Waals surface area contributed by atoms with Gasteiger partial charge in [-0.2, -0.15) is 0 Å². The van der Waals surface area contributed by atoms with Crippen molar-refractivity contribution < 1.29 is 14.3 Å². The Morgan fingerprint density at radius 1 is 1.44 bits per heavy atom. The maximum absolute atomic E-state index is 9.77. The molecule has 3 nitrogen and oxygen atoms in total. The van der Waals surface area contributed by atoms with Gasteiger partial charge in [-0.3, -0.25) is 0 Å². The van der Waals surface area contributed by atoms with Crippen LogP contribution in [0.15, 0.2) is 0 Å². The van der Waals surface area contributed by atoms with Crippen molar-refractivity contribution in [2.75, 3.05) is 6.61 Å². The molecule has 1 N–H and O–H groups in total. The summed E-state index contributed by atoms with van der Waals surface area (Å²) in [4.78, 5) is 0. The van der Waals surface area contributed by atoms with Crippen LogP contribution in [0.1, 0.15) is 34.1 Å². The molecule has 4 heteroatoms. The summed E-state index contributed by atoms with van der Waals surface area (Å²) in [5.74, 6) is 0. The van der Waals surface area contributed by atoms with E-state index in [-0.39, 0.29) is 23.4 Å².